The van der Waals surface area contributed by atoms with Gasteiger partial charge in [-0.3, -0.25) is 0 Å². The number of methoxy groups -OCH3 is 1. The molecule has 0 unspecified atom stereocenters. The molecule has 0 saturated carbocycles. The topological polar surface area (TPSA) is 81.5 Å². The van der Waals surface area contributed by atoms with Gasteiger partial charge in [-0.15, -0.1) is 0 Å². The second-order valence-electron chi connectivity index (χ2n) is 2.98. The minimum absolute atomic E-state index is 0.116. The number of carboxylic acids is 1. The zero-order valence-electron chi connectivity index (χ0n) is 8.78. The second-order valence-corrected chi connectivity index (χ2v) is 3.72. The Bertz CT molecular complexity index is 527. The Morgan fingerprint density at radius 1 is 1.41 bits per heavy atom. The van der Waals surface area contributed by atoms with Crippen LogP contribution in [0.4, 0.5) is 0 Å². The molecular formula is C10H8N2O4S. The van der Waals surface area contributed by atoms with E-state index >= 15 is 0 Å². The van der Waals surface area contributed by atoms with Gasteiger partial charge in [-0.25, -0.2) is 4.79 Å². The van der Waals surface area contributed by atoms with Crippen LogP contribution in [0.25, 0.3) is 0 Å². The number of benzene rings is 1. The van der Waals surface area contributed by atoms with Crippen LogP contribution < -0.4 is 9.47 Å². The highest BCUT2D eigenvalue weighted by molar-refractivity contribution is 7.07. The van der Waals surface area contributed by atoms with Gasteiger partial charge in [0.25, 0.3) is 5.19 Å². The fraction of sp³-hybridized carbons (Fsp3) is 0.100. The van der Waals surface area contributed by atoms with Crippen LogP contribution in [0.2, 0.25) is 0 Å². The number of hydrogen-bond acceptors (Lipinski definition) is 6. The average molecular weight is 252 g/mol. The van der Waals surface area contributed by atoms with E-state index < -0.39 is 5.97 Å². The van der Waals surface area contributed by atoms with Gasteiger partial charge in [0.05, 0.1) is 12.7 Å². The maximum atomic E-state index is 10.8. The Balaban J connectivity index is 2.35. The summed E-state index contributed by atoms with van der Waals surface area (Å²) in [6, 6.07) is 4.34. The summed E-state index contributed by atoms with van der Waals surface area (Å²) in [5.41, 5.74) is 0.116. The largest absolute Gasteiger partial charge is 0.493 e. The van der Waals surface area contributed by atoms with E-state index in [1.54, 1.807) is 0 Å². The molecule has 1 aromatic heterocycles. The summed E-state index contributed by atoms with van der Waals surface area (Å²) in [5.74, 6) is -0.302. The van der Waals surface area contributed by atoms with Gasteiger partial charge in [-0.1, -0.05) is 0 Å². The molecular weight excluding hydrogens is 244 g/mol. The second kappa shape index (κ2) is 4.79. The summed E-state index contributed by atoms with van der Waals surface area (Å²) in [6.07, 6.45) is 1.35. The molecule has 17 heavy (non-hydrogen) atoms. The summed E-state index contributed by atoms with van der Waals surface area (Å²) >= 11 is 1.06. The summed E-state index contributed by atoms with van der Waals surface area (Å²) in [7, 11) is 1.47. The van der Waals surface area contributed by atoms with Gasteiger partial charge < -0.3 is 14.6 Å². The molecule has 88 valence electrons. The predicted molar refractivity (Wildman–Crippen MR) is 59.9 cm³/mol. The lowest BCUT2D eigenvalue weighted by Crippen LogP contribution is -1.98. The summed E-state index contributed by atoms with van der Waals surface area (Å²) in [4.78, 5) is 14.7. The Kier molecular flexibility index (Phi) is 3.20. The van der Waals surface area contributed by atoms with Gasteiger partial charge >= 0.3 is 5.97 Å². The number of hydrogen-bond donors (Lipinski definition) is 1. The fourth-order valence-electron chi connectivity index (χ4n) is 1.19. The van der Waals surface area contributed by atoms with Crippen molar-refractivity contribution in [3.05, 3.63) is 30.1 Å². The SMILES string of the molecule is COc1ccc(C(=O)O)cc1Oc1ncns1. The third kappa shape index (κ3) is 2.51. The molecule has 1 heterocycles. The van der Waals surface area contributed by atoms with Gasteiger partial charge in [0.15, 0.2) is 11.5 Å². The molecule has 1 N–H and O–H groups in total. The van der Waals surface area contributed by atoms with Crippen LogP contribution in [0.3, 0.4) is 0 Å². The summed E-state index contributed by atoms with van der Waals surface area (Å²) < 4.78 is 14.2. The van der Waals surface area contributed by atoms with E-state index in [9.17, 15) is 4.79 Å². The molecule has 2 aromatic rings. The van der Waals surface area contributed by atoms with Crippen molar-refractivity contribution < 1.29 is 19.4 Å². The predicted octanol–water partition coefficient (Wildman–Crippen LogP) is 2.04. The van der Waals surface area contributed by atoms with Gasteiger partial charge in [-0.05, 0) is 18.2 Å². The quantitative estimate of drug-likeness (QED) is 0.896. The summed E-state index contributed by atoms with van der Waals surface area (Å²) in [5, 5.41) is 9.20. The first-order valence-electron chi connectivity index (χ1n) is 4.56. The van der Waals surface area contributed by atoms with Gasteiger partial charge in [0.1, 0.15) is 6.33 Å². The first-order chi connectivity index (χ1) is 8.20. The highest BCUT2D eigenvalue weighted by atomic mass is 32.1. The standard InChI is InChI=1S/C10H8N2O4S/c1-15-7-3-2-6(9(13)14)4-8(7)16-10-11-5-12-17-10/h2-5H,1H3,(H,13,14). The zero-order chi connectivity index (χ0) is 12.3. The Hall–Kier alpha value is -2.15. The lowest BCUT2D eigenvalue weighted by molar-refractivity contribution is 0.0696. The first-order valence-corrected chi connectivity index (χ1v) is 5.34. The van der Waals surface area contributed by atoms with Crippen LogP contribution >= 0.6 is 11.5 Å². The van der Waals surface area contributed by atoms with Crippen molar-refractivity contribution in [3.63, 3.8) is 0 Å². The minimum atomic E-state index is -1.03. The van der Waals surface area contributed by atoms with Gasteiger partial charge in [-0.2, -0.15) is 9.36 Å². The molecule has 0 amide bonds. The molecule has 6 nitrogen and oxygen atoms in total. The monoisotopic (exact) mass is 252 g/mol. The fourth-order valence-corrected chi connectivity index (χ4v) is 1.60. The Morgan fingerprint density at radius 3 is 2.82 bits per heavy atom. The van der Waals surface area contributed by atoms with Crippen molar-refractivity contribution >= 4 is 17.5 Å². The number of nitrogens with zero attached hydrogens (tertiary/aromatic N) is 2. The van der Waals surface area contributed by atoms with E-state index in [-0.39, 0.29) is 5.56 Å². The van der Waals surface area contributed by atoms with E-state index in [4.69, 9.17) is 14.6 Å². The summed E-state index contributed by atoms with van der Waals surface area (Å²) in [6.45, 7) is 0. The van der Waals surface area contributed by atoms with Crippen molar-refractivity contribution in [2.75, 3.05) is 7.11 Å². The molecule has 7 heteroatoms. The Morgan fingerprint density at radius 2 is 2.24 bits per heavy atom. The first kappa shape index (κ1) is 11.3. The normalized spacial score (nSPS) is 9.94. The molecule has 2 rings (SSSR count). The number of carbonyl (C=O) groups is 1. The number of aromatic carboxylic acids is 1. The molecule has 0 aliphatic rings. The smallest absolute Gasteiger partial charge is 0.335 e. The zero-order valence-corrected chi connectivity index (χ0v) is 9.60. The molecule has 0 radical (unpaired) electrons. The van der Waals surface area contributed by atoms with E-state index in [1.807, 2.05) is 0 Å². The molecule has 0 atom stereocenters. The van der Waals surface area contributed by atoms with Gasteiger partial charge in [0.2, 0.25) is 0 Å². The Labute approximate surface area is 101 Å². The van der Waals surface area contributed by atoms with Crippen LogP contribution in [0.5, 0.6) is 16.7 Å². The van der Waals surface area contributed by atoms with Crippen LogP contribution in [0.15, 0.2) is 24.5 Å². The molecule has 0 bridgehead atoms. The maximum Gasteiger partial charge on any atom is 0.335 e. The van der Waals surface area contributed by atoms with E-state index in [2.05, 4.69) is 9.36 Å². The number of rotatable bonds is 4. The van der Waals surface area contributed by atoms with Crippen LogP contribution in [-0.4, -0.2) is 27.5 Å². The van der Waals surface area contributed by atoms with Crippen molar-refractivity contribution in [1.29, 1.82) is 0 Å². The average Bonchev–Trinajstić information content (AvgIpc) is 2.81. The van der Waals surface area contributed by atoms with Crippen molar-refractivity contribution in [3.8, 4) is 16.7 Å². The maximum absolute atomic E-state index is 10.8. The highest BCUT2D eigenvalue weighted by Crippen LogP contribution is 2.32. The molecule has 0 saturated heterocycles. The molecule has 0 aliphatic heterocycles. The van der Waals surface area contributed by atoms with Crippen molar-refractivity contribution in [1.82, 2.24) is 9.36 Å². The van der Waals surface area contributed by atoms with Crippen molar-refractivity contribution in [2.45, 2.75) is 0 Å². The van der Waals surface area contributed by atoms with Crippen LogP contribution in [0.1, 0.15) is 10.4 Å². The minimum Gasteiger partial charge on any atom is -0.493 e. The van der Waals surface area contributed by atoms with Gasteiger partial charge in [0, 0.05) is 11.5 Å². The van der Waals surface area contributed by atoms with E-state index in [1.165, 1.54) is 31.6 Å². The van der Waals surface area contributed by atoms with Crippen molar-refractivity contribution in [2.24, 2.45) is 0 Å². The lowest BCUT2D eigenvalue weighted by atomic mass is 10.2. The highest BCUT2D eigenvalue weighted by Gasteiger charge is 2.12. The van der Waals surface area contributed by atoms with E-state index in [0.717, 1.165) is 11.5 Å². The molecule has 0 aliphatic carbocycles. The molecule has 0 fully saturated rings. The third-order valence-corrected chi connectivity index (χ3v) is 2.49. The van der Waals surface area contributed by atoms with Crippen LogP contribution in [-0.2, 0) is 0 Å². The molecule has 0 spiro atoms. The molecule has 1 aromatic carbocycles. The van der Waals surface area contributed by atoms with Crippen LogP contribution in [0, 0.1) is 0 Å². The number of ether oxygens (including phenoxy) is 2. The van der Waals surface area contributed by atoms with E-state index in [0.29, 0.717) is 16.7 Å². The number of aromatic nitrogens is 2. The number of carboxylic acid groups (broad SMARTS) is 1. The lowest BCUT2D eigenvalue weighted by Gasteiger charge is -2.08. The third-order valence-electron chi connectivity index (χ3n) is 1.95.